The SMILES string of the molecule is O=C(O)c1ccc(CCN2C(=O)C(=Cc3ccc(OCCN4CCOCC4)c(-c4ccc5cc(O)ccc5c4)c3)SC2=S)cc1. The number of phenols is 1. The van der Waals surface area contributed by atoms with Gasteiger partial charge in [-0.3, -0.25) is 14.6 Å². The normalized spacial score (nSPS) is 16.5. The van der Waals surface area contributed by atoms with Crippen LogP contribution in [0.3, 0.4) is 0 Å². The summed E-state index contributed by atoms with van der Waals surface area (Å²) in [5.41, 5.74) is 3.87. The highest BCUT2D eigenvalue weighted by Crippen LogP contribution is 2.37. The van der Waals surface area contributed by atoms with E-state index in [2.05, 4.69) is 11.0 Å². The predicted octanol–water partition coefficient (Wildman–Crippen LogP) is 6.07. The summed E-state index contributed by atoms with van der Waals surface area (Å²) >= 11 is 6.84. The Morgan fingerprint density at radius 2 is 1.71 bits per heavy atom. The first-order valence-corrected chi connectivity index (χ1v) is 15.9. The van der Waals surface area contributed by atoms with E-state index in [0.717, 1.165) is 71.6 Å². The van der Waals surface area contributed by atoms with E-state index in [-0.39, 0.29) is 17.2 Å². The second kappa shape index (κ2) is 13.8. The number of fused-ring (bicyclic) bond motifs is 1. The number of benzene rings is 4. The van der Waals surface area contributed by atoms with Crippen molar-refractivity contribution in [2.75, 3.05) is 46.0 Å². The molecule has 0 spiro atoms. The van der Waals surface area contributed by atoms with E-state index in [1.54, 1.807) is 41.3 Å². The summed E-state index contributed by atoms with van der Waals surface area (Å²) in [7, 11) is 0. The lowest BCUT2D eigenvalue weighted by Gasteiger charge is -2.26. The minimum atomic E-state index is -0.972. The largest absolute Gasteiger partial charge is 0.508 e. The molecule has 0 bridgehead atoms. The van der Waals surface area contributed by atoms with Crippen molar-refractivity contribution in [1.29, 1.82) is 0 Å². The lowest BCUT2D eigenvalue weighted by Crippen LogP contribution is -2.38. The fourth-order valence-electron chi connectivity index (χ4n) is 5.40. The van der Waals surface area contributed by atoms with Crippen LogP contribution in [0.5, 0.6) is 11.5 Å². The number of carbonyl (C=O) groups is 2. The van der Waals surface area contributed by atoms with Crippen molar-refractivity contribution in [3.63, 3.8) is 0 Å². The summed E-state index contributed by atoms with van der Waals surface area (Å²) in [5.74, 6) is -0.150. The van der Waals surface area contributed by atoms with Crippen molar-refractivity contribution in [3.8, 4) is 22.6 Å². The molecule has 2 aliphatic rings. The molecule has 2 fully saturated rings. The Balaban J connectivity index is 1.22. The zero-order chi connectivity index (χ0) is 31.3. The Morgan fingerprint density at radius 3 is 2.49 bits per heavy atom. The molecule has 0 unspecified atom stereocenters. The first kappa shape index (κ1) is 30.8. The Labute approximate surface area is 270 Å². The van der Waals surface area contributed by atoms with E-state index in [1.165, 1.54) is 11.8 Å². The first-order valence-electron chi connectivity index (χ1n) is 14.7. The van der Waals surface area contributed by atoms with Gasteiger partial charge >= 0.3 is 5.97 Å². The Bertz CT molecular complexity index is 1780. The summed E-state index contributed by atoms with van der Waals surface area (Å²) < 4.78 is 12.3. The standard InChI is InChI=1S/C35H32N2O6S2/c38-29-9-8-26-21-28(7-6-27(26)22-29)30-19-24(3-10-31(30)43-18-15-36-13-16-42-17-14-36)20-32-33(39)37(35(44)45-32)12-11-23-1-4-25(5-2-23)34(40)41/h1-10,19-22,38H,11-18H2,(H,40,41). The molecule has 0 atom stereocenters. The fourth-order valence-corrected chi connectivity index (χ4v) is 6.71. The number of carbonyl (C=O) groups excluding carboxylic acids is 1. The molecule has 2 aliphatic heterocycles. The second-order valence-electron chi connectivity index (χ2n) is 10.9. The number of rotatable bonds is 10. The second-order valence-corrected chi connectivity index (χ2v) is 12.6. The molecule has 230 valence electrons. The van der Waals surface area contributed by atoms with Crippen molar-refractivity contribution in [2.24, 2.45) is 0 Å². The number of amides is 1. The van der Waals surface area contributed by atoms with Gasteiger partial charge < -0.3 is 19.7 Å². The highest BCUT2D eigenvalue weighted by molar-refractivity contribution is 8.26. The van der Waals surface area contributed by atoms with Crippen LogP contribution < -0.4 is 4.74 Å². The van der Waals surface area contributed by atoms with E-state index in [9.17, 15) is 14.7 Å². The quantitative estimate of drug-likeness (QED) is 0.158. The number of carboxylic acid groups (broad SMARTS) is 1. The van der Waals surface area contributed by atoms with Crippen LogP contribution in [0.2, 0.25) is 0 Å². The van der Waals surface area contributed by atoms with Crippen molar-refractivity contribution < 1.29 is 29.3 Å². The maximum atomic E-state index is 13.4. The molecular formula is C35H32N2O6S2. The number of nitrogens with zero attached hydrogens (tertiary/aromatic N) is 2. The highest BCUT2D eigenvalue weighted by Gasteiger charge is 2.31. The van der Waals surface area contributed by atoms with Crippen LogP contribution in [0.15, 0.2) is 83.8 Å². The maximum Gasteiger partial charge on any atom is 0.335 e. The van der Waals surface area contributed by atoms with Gasteiger partial charge in [-0.2, -0.15) is 0 Å². The number of phenolic OH excluding ortho intramolecular Hbond substituents is 1. The zero-order valence-corrected chi connectivity index (χ0v) is 26.1. The molecule has 0 aromatic heterocycles. The number of aromatic carboxylic acids is 1. The van der Waals surface area contributed by atoms with E-state index in [4.69, 9.17) is 26.8 Å². The van der Waals surface area contributed by atoms with E-state index < -0.39 is 5.97 Å². The first-order chi connectivity index (χ1) is 21.8. The minimum absolute atomic E-state index is 0.148. The van der Waals surface area contributed by atoms with Crippen molar-refractivity contribution in [1.82, 2.24) is 9.80 Å². The third kappa shape index (κ3) is 7.37. The van der Waals surface area contributed by atoms with Gasteiger partial charge in [-0.15, -0.1) is 0 Å². The molecule has 2 N–H and O–H groups in total. The summed E-state index contributed by atoms with van der Waals surface area (Å²) in [4.78, 5) is 29.0. The molecule has 0 saturated carbocycles. The summed E-state index contributed by atoms with van der Waals surface area (Å²) in [6.07, 6.45) is 2.42. The van der Waals surface area contributed by atoms with Crippen LogP contribution in [0.4, 0.5) is 0 Å². The van der Waals surface area contributed by atoms with Gasteiger partial charge in [-0.1, -0.05) is 60.4 Å². The average molecular weight is 641 g/mol. The Morgan fingerprint density at radius 1 is 0.956 bits per heavy atom. The molecule has 0 aliphatic carbocycles. The van der Waals surface area contributed by atoms with E-state index in [1.807, 2.05) is 42.5 Å². The number of thiocarbonyl (C=S) groups is 1. The lowest BCUT2D eigenvalue weighted by atomic mass is 9.98. The van der Waals surface area contributed by atoms with Gasteiger partial charge in [0.2, 0.25) is 0 Å². The highest BCUT2D eigenvalue weighted by atomic mass is 32.2. The van der Waals surface area contributed by atoms with Gasteiger partial charge in [0.15, 0.2) is 0 Å². The summed E-state index contributed by atoms with van der Waals surface area (Å²) in [6.45, 7) is 4.99. The maximum absolute atomic E-state index is 13.4. The van der Waals surface area contributed by atoms with Gasteiger partial charge in [-0.25, -0.2) is 4.79 Å². The number of aromatic hydroxyl groups is 1. The van der Waals surface area contributed by atoms with Crippen LogP contribution in [0.1, 0.15) is 21.5 Å². The average Bonchev–Trinajstić information content (AvgIpc) is 3.31. The smallest absolute Gasteiger partial charge is 0.335 e. The number of carboxylic acids is 1. The number of hydrogen-bond donors (Lipinski definition) is 2. The van der Waals surface area contributed by atoms with Gasteiger partial charge in [0, 0.05) is 31.7 Å². The van der Waals surface area contributed by atoms with Gasteiger partial charge in [0.25, 0.3) is 5.91 Å². The predicted molar refractivity (Wildman–Crippen MR) is 181 cm³/mol. The van der Waals surface area contributed by atoms with Crippen LogP contribution in [0, 0.1) is 0 Å². The third-order valence-electron chi connectivity index (χ3n) is 7.90. The minimum Gasteiger partial charge on any atom is -0.508 e. The van der Waals surface area contributed by atoms with Crippen LogP contribution in [-0.2, 0) is 16.0 Å². The Hall–Kier alpha value is -4.22. The van der Waals surface area contributed by atoms with Crippen molar-refractivity contribution >= 4 is 57.0 Å². The van der Waals surface area contributed by atoms with Crippen molar-refractivity contribution in [2.45, 2.75) is 6.42 Å². The summed E-state index contributed by atoms with van der Waals surface area (Å²) in [6, 6.07) is 24.0. The molecule has 2 saturated heterocycles. The molecular weight excluding hydrogens is 609 g/mol. The molecule has 10 heteroatoms. The third-order valence-corrected chi connectivity index (χ3v) is 9.28. The van der Waals surface area contributed by atoms with E-state index >= 15 is 0 Å². The van der Waals surface area contributed by atoms with Gasteiger partial charge in [-0.05, 0) is 82.4 Å². The van der Waals surface area contributed by atoms with Crippen LogP contribution >= 0.6 is 24.0 Å². The molecule has 1 amide bonds. The Kier molecular flexibility index (Phi) is 9.46. The van der Waals surface area contributed by atoms with Crippen molar-refractivity contribution in [3.05, 3.63) is 100 Å². The lowest BCUT2D eigenvalue weighted by molar-refractivity contribution is -0.122. The molecule has 8 nitrogen and oxygen atoms in total. The molecule has 2 heterocycles. The van der Waals surface area contributed by atoms with Gasteiger partial charge in [0.05, 0.1) is 23.7 Å². The number of ether oxygens (including phenoxy) is 2. The van der Waals surface area contributed by atoms with E-state index in [0.29, 0.717) is 28.8 Å². The summed E-state index contributed by atoms with van der Waals surface area (Å²) in [5, 5.41) is 21.0. The number of morpholine rings is 1. The zero-order valence-electron chi connectivity index (χ0n) is 24.5. The topological polar surface area (TPSA) is 99.5 Å². The van der Waals surface area contributed by atoms with Crippen LogP contribution in [-0.4, -0.2) is 82.2 Å². The molecule has 0 radical (unpaired) electrons. The van der Waals surface area contributed by atoms with Gasteiger partial charge in [0.1, 0.15) is 22.4 Å². The molecule has 6 rings (SSSR count). The molecule has 4 aromatic rings. The number of thioether (sulfide) groups is 1. The fraction of sp³-hybridized carbons (Fsp3) is 0.229. The molecule has 45 heavy (non-hydrogen) atoms. The number of hydrogen-bond acceptors (Lipinski definition) is 8. The monoisotopic (exact) mass is 640 g/mol. The molecule has 4 aromatic carbocycles. The van der Waals surface area contributed by atoms with Crippen LogP contribution in [0.25, 0.3) is 28.0 Å².